The second-order valence-corrected chi connectivity index (χ2v) is 5.15. The van der Waals surface area contributed by atoms with Gasteiger partial charge >= 0.3 is 5.63 Å². The highest BCUT2D eigenvalue weighted by atomic mass is 19.2. The third kappa shape index (κ3) is 2.38. The van der Waals surface area contributed by atoms with Gasteiger partial charge in [-0.25, -0.2) is 13.6 Å². The Kier molecular flexibility index (Phi) is 3.45. The van der Waals surface area contributed by atoms with E-state index in [0.29, 0.717) is 0 Å². The van der Waals surface area contributed by atoms with E-state index in [1.54, 1.807) is 0 Å². The van der Waals surface area contributed by atoms with Crippen molar-refractivity contribution in [3.63, 3.8) is 0 Å². The fourth-order valence-electron chi connectivity index (χ4n) is 2.66. The predicted molar refractivity (Wildman–Crippen MR) is 75.4 cm³/mol. The Morgan fingerprint density at radius 3 is 2.65 bits per heavy atom. The molecule has 116 valence electrons. The highest BCUT2D eigenvalue weighted by molar-refractivity contribution is 5.85. The summed E-state index contributed by atoms with van der Waals surface area (Å²) in [6.07, 6.45) is 0. The van der Waals surface area contributed by atoms with Crippen molar-refractivity contribution in [2.75, 3.05) is 0 Å². The molecule has 23 heavy (non-hydrogen) atoms. The van der Waals surface area contributed by atoms with Crippen molar-refractivity contribution in [2.24, 2.45) is 5.92 Å². The Bertz CT molecular complexity index is 915. The molecule has 0 spiro atoms. The van der Waals surface area contributed by atoms with Gasteiger partial charge in [-0.05, 0) is 24.6 Å². The topological polar surface area (TPSA) is 87.1 Å². The molecule has 2 aromatic rings. The first kappa shape index (κ1) is 14.9. The van der Waals surface area contributed by atoms with Crippen molar-refractivity contribution in [1.82, 2.24) is 0 Å². The number of nitriles is 1. The number of halogens is 2. The first-order chi connectivity index (χ1) is 10.9. The summed E-state index contributed by atoms with van der Waals surface area (Å²) < 4.78 is 37.0. The van der Waals surface area contributed by atoms with Crippen molar-refractivity contribution in [2.45, 2.75) is 12.8 Å². The van der Waals surface area contributed by atoms with Crippen molar-refractivity contribution in [1.29, 1.82) is 10.7 Å². The van der Waals surface area contributed by atoms with Crippen LogP contribution in [0.5, 0.6) is 5.75 Å². The zero-order chi connectivity index (χ0) is 16.7. The van der Waals surface area contributed by atoms with E-state index in [1.807, 2.05) is 6.07 Å². The minimum absolute atomic E-state index is 0.0177. The maximum Gasteiger partial charge on any atom is 0.343 e. The van der Waals surface area contributed by atoms with Crippen LogP contribution in [0.15, 0.2) is 33.5 Å². The zero-order valence-corrected chi connectivity index (χ0v) is 11.9. The van der Waals surface area contributed by atoms with Gasteiger partial charge in [0.25, 0.3) is 0 Å². The van der Waals surface area contributed by atoms with Gasteiger partial charge in [-0.2, -0.15) is 5.26 Å². The van der Waals surface area contributed by atoms with Crippen LogP contribution in [0.2, 0.25) is 0 Å². The van der Waals surface area contributed by atoms with Crippen LogP contribution >= 0.6 is 0 Å². The molecule has 0 saturated heterocycles. The molecule has 7 heteroatoms. The van der Waals surface area contributed by atoms with Crippen LogP contribution in [0.1, 0.15) is 22.8 Å². The number of nitrogens with zero attached hydrogens (tertiary/aromatic N) is 1. The molecule has 0 radical (unpaired) electrons. The van der Waals surface area contributed by atoms with Crippen LogP contribution in [0.3, 0.4) is 0 Å². The molecule has 1 aromatic heterocycles. The molecule has 1 aliphatic heterocycles. The smallest absolute Gasteiger partial charge is 0.343 e. The van der Waals surface area contributed by atoms with E-state index in [1.165, 1.54) is 19.1 Å². The molecular formula is C16H10F2N2O3. The lowest BCUT2D eigenvalue weighted by atomic mass is 9.80. The molecule has 0 amide bonds. The Balaban J connectivity index is 2.28. The lowest BCUT2D eigenvalue weighted by Gasteiger charge is -2.29. The average molecular weight is 316 g/mol. The summed E-state index contributed by atoms with van der Waals surface area (Å²) in [5.41, 5.74) is -0.521. The molecule has 0 fully saturated rings. The van der Waals surface area contributed by atoms with Crippen molar-refractivity contribution in [3.8, 4) is 11.8 Å². The summed E-state index contributed by atoms with van der Waals surface area (Å²) in [4.78, 5) is 12.2. The monoisotopic (exact) mass is 316 g/mol. The van der Waals surface area contributed by atoms with Crippen LogP contribution in [0.25, 0.3) is 0 Å². The Hall–Kier alpha value is -3.01. The Labute approximate surface area is 129 Å². The molecule has 1 N–H and O–H groups in total. The quantitative estimate of drug-likeness (QED) is 0.876. The van der Waals surface area contributed by atoms with Crippen LogP contribution in [-0.2, 0) is 0 Å². The third-order valence-electron chi connectivity index (χ3n) is 3.66. The Morgan fingerprint density at radius 2 is 2.00 bits per heavy atom. The third-order valence-corrected chi connectivity index (χ3v) is 3.66. The van der Waals surface area contributed by atoms with Gasteiger partial charge in [0, 0.05) is 12.0 Å². The van der Waals surface area contributed by atoms with Crippen molar-refractivity contribution >= 4 is 5.90 Å². The lowest BCUT2D eigenvalue weighted by Crippen LogP contribution is -2.34. The van der Waals surface area contributed by atoms with Crippen LogP contribution < -0.4 is 10.4 Å². The van der Waals surface area contributed by atoms with Gasteiger partial charge in [0.05, 0.1) is 11.6 Å². The van der Waals surface area contributed by atoms with Gasteiger partial charge in [-0.3, -0.25) is 5.41 Å². The number of hydrogen-bond acceptors (Lipinski definition) is 5. The van der Waals surface area contributed by atoms with Crippen LogP contribution in [0.4, 0.5) is 8.78 Å². The van der Waals surface area contributed by atoms with Gasteiger partial charge in [-0.15, -0.1) is 0 Å². The Morgan fingerprint density at radius 1 is 1.26 bits per heavy atom. The molecule has 5 nitrogen and oxygen atoms in total. The standard InChI is InChI=1S/C16H10F2N2O3/c1-7-4-12-14(16(21)22-7)13(9(6-19)15(20)23-12)8-2-3-10(17)11(18)5-8/h2-5,9,13,20H,1H3. The summed E-state index contributed by atoms with van der Waals surface area (Å²) in [6, 6.07) is 6.39. The molecule has 2 atom stereocenters. The minimum atomic E-state index is -1.14. The number of ether oxygens (including phenoxy) is 1. The highest BCUT2D eigenvalue weighted by Gasteiger charge is 2.40. The van der Waals surface area contributed by atoms with Crippen LogP contribution in [-0.4, -0.2) is 5.90 Å². The zero-order valence-electron chi connectivity index (χ0n) is 11.9. The maximum absolute atomic E-state index is 13.6. The number of hydrogen-bond donors (Lipinski definition) is 1. The van der Waals surface area contributed by atoms with Crippen molar-refractivity contribution in [3.05, 3.63) is 63.2 Å². The van der Waals surface area contributed by atoms with Gasteiger partial charge in [0.15, 0.2) is 11.6 Å². The fourth-order valence-corrected chi connectivity index (χ4v) is 2.66. The molecular weight excluding hydrogens is 306 g/mol. The molecule has 2 heterocycles. The van der Waals surface area contributed by atoms with E-state index in [9.17, 15) is 18.8 Å². The lowest BCUT2D eigenvalue weighted by molar-refractivity contribution is 0.402. The molecule has 0 aliphatic carbocycles. The largest absolute Gasteiger partial charge is 0.441 e. The second-order valence-electron chi connectivity index (χ2n) is 5.15. The van der Waals surface area contributed by atoms with Crippen molar-refractivity contribution < 1.29 is 17.9 Å². The molecule has 2 unspecified atom stereocenters. The average Bonchev–Trinajstić information content (AvgIpc) is 2.48. The minimum Gasteiger partial charge on any atom is -0.441 e. The van der Waals surface area contributed by atoms with E-state index in [2.05, 4.69) is 0 Å². The molecule has 3 rings (SSSR count). The normalized spacial score (nSPS) is 19.7. The van der Waals surface area contributed by atoms with E-state index in [4.69, 9.17) is 14.6 Å². The van der Waals surface area contributed by atoms with E-state index >= 15 is 0 Å². The first-order valence-corrected chi connectivity index (χ1v) is 6.68. The summed E-state index contributed by atoms with van der Waals surface area (Å²) in [6.45, 7) is 1.54. The summed E-state index contributed by atoms with van der Waals surface area (Å²) in [5, 5.41) is 17.2. The fraction of sp³-hybridized carbons (Fsp3) is 0.188. The molecule has 1 aliphatic rings. The number of fused-ring (bicyclic) bond motifs is 1. The van der Waals surface area contributed by atoms with E-state index in [0.717, 1.165) is 12.1 Å². The summed E-state index contributed by atoms with van der Waals surface area (Å²) >= 11 is 0. The first-order valence-electron chi connectivity index (χ1n) is 6.68. The number of aryl methyl sites for hydroxylation is 1. The number of rotatable bonds is 1. The number of nitrogens with one attached hydrogen (secondary N) is 1. The predicted octanol–water partition coefficient (Wildman–Crippen LogP) is 2.87. The van der Waals surface area contributed by atoms with Gasteiger partial charge in [0.1, 0.15) is 17.4 Å². The van der Waals surface area contributed by atoms with Gasteiger partial charge in [0.2, 0.25) is 5.90 Å². The molecule has 0 saturated carbocycles. The molecule has 0 bridgehead atoms. The number of benzene rings is 1. The summed E-state index contributed by atoms with van der Waals surface area (Å²) in [7, 11) is 0. The SMILES string of the molecule is Cc1cc2c(c(=O)o1)C(c1ccc(F)c(F)c1)C(C#N)C(=N)O2. The van der Waals surface area contributed by atoms with Gasteiger partial charge < -0.3 is 9.15 Å². The summed E-state index contributed by atoms with van der Waals surface area (Å²) in [5.74, 6) is -4.25. The van der Waals surface area contributed by atoms with Crippen LogP contribution in [0, 0.1) is 41.2 Å². The maximum atomic E-state index is 13.6. The van der Waals surface area contributed by atoms with E-state index in [-0.39, 0.29) is 28.5 Å². The second kappa shape index (κ2) is 5.32. The van der Waals surface area contributed by atoms with E-state index < -0.39 is 29.1 Å². The van der Waals surface area contributed by atoms with Gasteiger partial charge in [-0.1, -0.05) is 6.07 Å². The molecule has 1 aromatic carbocycles. The highest BCUT2D eigenvalue weighted by Crippen LogP contribution is 2.40.